The van der Waals surface area contributed by atoms with Crippen LogP contribution in [-0.2, 0) is 65.4 Å². The standard InChI is InChI=1S/C91H178O17P2/c1-9-84(8)70-62-54-49-50-56-64-72-89(94)102-78-87(108-91(96)74-66-58-48-42-36-30-23-17-13-11-15-20-26-32-38-44-52-60-68-82(4)5)80-106-110(99,100)104-76-85(92)75-103-109(97,98)105-79-86(77-101-88(93)71-63-55-46-40-34-28-24-18-21-27-33-39-45-53-61-69-83(6)7)107-90(95)73-65-57-47-41-35-29-22-16-12-10-14-19-25-31-37-43-51-59-67-81(2)3/h81-87,92H,9-80H2,1-8H3,(H,97,98)(H,99,100)/t84?,85-,86-,87-/m1/s1. The molecule has 0 fully saturated rings. The average molecular weight is 1610 g/mol. The van der Waals surface area contributed by atoms with Gasteiger partial charge in [-0.2, -0.15) is 0 Å². The Morgan fingerprint density at radius 3 is 0.645 bits per heavy atom. The molecule has 6 atom stereocenters. The molecular weight excluding hydrogens is 1430 g/mol. The second kappa shape index (κ2) is 79.5. The fourth-order valence-corrected chi connectivity index (χ4v) is 15.7. The molecule has 0 spiro atoms. The van der Waals surface area contributed by atoms with Gasteiger partial charge in [0.15, 0.2) is 12.2 Å². The lowest BCUT2D eigenvalue weighted by Gasteiger charge is -2.21. The first-order valence-electron chi connectivity index (χ1n) is 46.7. The van der Waals surface area contributed by atoms with Gasteiger partial charge in [0, 0.05) is 25.7 Å². The summed E-state index contributed by atoms with van der Waals surface area (Å²) in [5.74, 6) is 1.07. The Kier molecular flexibility index (Phi) is 78.1. The number of phosphoric ester groups is 2. The van der Waals surface area contributed by atoms with E-state index < -0.39 is 97.5 Å². The Morgan fingerprint density at radius 2 is 0.436 bits per heavy atom. The molecule has 19 heteroatoms. The Balaban J connectivity index is 5.21. The van der Waals surface area contributed by atoms with Crippen molar-refractivity contribution in [3.63, 3.8) is 0 Å². The molecule has 3 N–H and O–H groups in total. The summed E-state index contributed by atoms with van der Waals surface area (Å²) in [4.78, 5) is 73.4. The third-order valence-corrected chi connectivity index (χ3v) is 23.6. The molecule has 3 unspecified atom stereocenters. The molecule has 0 saturated carbocycles. The normalized spacial score (nSPS) is 14.1. The molecule has 0 aromatic heterocycles. The first kappa shape index (κ1) is 108. The highest BCUT2D eigenvalue weighted by molar-refractivity contribution is 7.47. The second-order valence-electron chi connectivity index (χ2n) is 34.4. The highest BCUT2D eigenvalue weighted by Gasteiger charge is 2.31. The Bertz CT molecular complexity index is 2130. The monoisotopic (exact) mass is 1610 g/mol. The zero-order chi connectivity index (χ0) is 80.9. The Labute approximate surface area is 677 Å². The van der Waals surface area contributed by atoms with E-state index in [1.54, 1.807) is 0 Å². The van der Waals surface area contributed by atoms with Gasteiger partial charge in [-0.1, -0.05) is 428 Å². The smallest absolute Gasteiger partial charge is 0.462 e. The number of aliphatic hydroxyl groups excluding tert-OH is 1. The zero-order valence-electron chi connectivity index (χ0n) is 72.9. The number of hydrogen-bond donors (Lipinski definition) is 3. The van der Waals surface area contributed by atoms with Crippen LogP contribution in [0.4, 0.5) is 0 Å². The number of phosphoric acid groups is 2. The topological polar surface area (TPSA) is 237 Å². The van der Waals surface area contributed by atoms with Gasteiger partial charge in [0.2, 0.25) is 0 Å². The minimum Gasteiger partial charge on any atom is -0.462 e. The average Bonchev–Trinajstić information content (AvgIpc) is 0.897. The molecule has 0 radical (unpaired) electrons. The lowest BCUT2D eigenvalue weighted by atomic mass is 10.00. The van der Waals surface area contributed by atoms with Gasteiger partial charge < -0.3 is 33.8 Å². The van der Waals surface area contributed by atoms with Crippen LogP contribution in [0.3, 0.4) is 0 Å². The highest BCUT2D eigenvalue weighted by atomic mass is 31.2. The van der Waals surface area contributed by atoms with Gasteiger partial charge in [0.1, 0.15) is 19.3 Å². The van der Waals surface area contributed by atoms with Crippen molar-refractivity contribution in [2.45, 2.75) is 497 Å². The van der Waals surface area contributed by atoms with Gasteiger partial charge >= 0.3 is 39.5 Å². The van der Waals surface area contributed by atoms with E-state index in [0.717, 1.165) is 120 Å². The van der Waals surface area contributed by atoms with Crippen LogP contribution in [0, 0.1) is 23.7 Å². The molecule has 0 aliphatic carbocycles. The number of unbranched alkanes of at least 4 members (excludes halogenated alkanes) is 53. The van der Waals surface area contributed by atoms with Gasteiger partial charge in [0.05, 0.1) is 26.4 Å². The molecule has 654 valence electrons. The Morgan fingerprint density at radius 1 is 0.255 bits per heavy atom. The van der Waals surface area contributed by atoms with E-state index >= 15 is 0 Å². The van der Waals surface area contributed by atoms with E-state index in [9.17, 15) is 43.2 Å². The highest BCUT2D eigenvalue weighted by Crippen LogP contribution is 2.45. The van der Waals surface area contributed by atoms with E-state index in [2.05, 4.69) is 55.4 Å². The van der Waals surface area contributed by atoms with E-state index in [4.69, 9.17) is 37.0 Å². The number of ether oxygens (including phenoxy) is 4. The summed E-state index contributed by atoms with van der Waals surface area (Å²) in [6.07, 6.45) is 71.0. The molecule has 0 aromatic rings. The first-order valence-corrected chi connectivity index (χ1v) is 49.7. The lowest BCUT2D eigenvalue weighted by Crippen LogP contribution is -2.30. The number of rotatable bonds is 88. The Hall–Kier alpha value is -1.94. The number of hydrogen-bond acceptors (Lipinski definition) is 15. The minimum atomic E-state index is -4.97. The molecule has 0 aliphatic rings. The molecule has 0 rings (SSSR count). The molecule has 110 heavy (non-hydrogen) atoms. The quantitative estimate of drug-likeness (QED) is 0.0222. The number of esters is 4. The van der Waals surface area contributed by atoms with Gasteiger partial charge in [-0.25, -0.2) is 9.13 Å². The summed E-state index contributed by atoms with van der Waals surface area (Å²) in [5, 5.41) is 10.7. The largest absolute Gasteiger partial charge is 0.472 e. The maximum absolute atomic E-state index is 13.2. The first-order chi connectivity index (χ1) is 53.1. The van der Waals surface area contributed by atoms with Crippen molar-refractivity contribution in [1.29, 1.82) is 0 Å². The minimum absolute atomic E-state index is 0.107. The molecule has 0 saturated heterocycles. The van der Waals surface area contributed by atoms with E-state index in [-0.39, 0.29) is 25.7 Å². The summed E-state index contributed by atoms with van der Waals surface area (Å²) in [5.41, 5.74) is 0. The van der Waals surface area contributed by atoms with Crippen molar-refractivity contribution in [2.75, 3.05) is 39.6 Å². The number of carbonyl (C=O) groups excluding carboxylic acids is 4. The van der Waals surface area contributed by atoms with Crippen LogP contribution < -0.4 is 0 Å². The molecular formula is C91H178O17P2. The van der Waals surface area contributed by atoms with Crippen molar-refractivity contribution < 1.29 is 80.2 Å². The van der Waals surface area contributed by atoms with E-state index in [1.807, 2.05) is 0 Å². The fraction of sp³-hybridized carbons (Fsp3) is 0.956. The van der Waals surface area contributed by atoms with Crippen LogP contribution in [0.5, 0.6) is 0 Å². The summed E-state index contributed by atoms with van der Waals surface area (Å²) < 4.78 is 69.0. The molecule has 0 heterocycles. The van der Waals surface area contributed by atoms with Crippen molar-refractivity contribution in [3.05, 3.63) is 0 Å². The van der Waals surface area contributed by atoms with Gasteiger partial charge in [-0.15, -0.1) is 0 Å². The summed E-state index contributed by atoms with van der Waals surface area (Å²) >= 11 is 0. The van der Waals surface area contributed by atoms with Crippen molar-refractivity contribution >= 4 is 39.5 Å². The summed E-state index contributed by atoms with van der Waals surface area (Å²) in [6.45, 7) is 14.4. The summed E-state index contributed by atoms with van der Waals surface area (Å²) in [7, 11) is -9.94. The van der Waals surface area contributed by atoms with Gasteiger partial charge in [-0.05, 0) is 49.4 Å². The zero-order valence-corrected chi connectivity index (χ0v) is 74.7. The summed E-state index contributed by atoms with van der Waals surface area (Å²) in [6, 6.07) is 0. The van der Waals surface area contributed by atoms with E-state index in [1.165, 1.54) is 276 Å². The van der Waals surface area contributed by atoms with Crippen LogP contribution in [0.2, 0.25) is 0 Å². The second-order valence-corrected chi connectivity index (χ2v) is 37.3. The number of carbonyl (C=O) groups is 4. The maximum atomic E-state index is 13.2. The third kappa shape index (κ3) is 82.6. The van der Waals surface area contributed by atoms with Crippen LogP contribution in [0.15, 0.2) is 0 Å². The molecule has 0 bridgehead atoms. The predicted molar refractivity (Wildman–Crippen MR) is 455 cm³/mol. The fourth-order valence-electron chi connectivity index (χ4n) is 14.2. The van der Waals surface area contributed by atoms with Gasteiger partial charge in [-0.3, -0.25) is 37.3 Å². The van der Waals surface area contributed by atoms with Crippen LogP contribution in [0.1, 0.15) is 479 Å². The van der Waals surface area contributed by atoms with E-state index in [0.29, 0.717) is 25.7 Å². The maximum Gasteiger partial charge on any atom is 0.472 e. The SMILES string of the molecule is CCC(C)CCCCCCCCC(=O)OC[C@H](COP(=O)(O)OC[C@H](O)COP(=O)(O)OC[C@@H](COC(=O)CCCCCCCCCCCCCCCCCC(C)C)OC(=O)CCCCCCCCCCCCCCCCCCCCC(C)C)OC(=O)CCCCCCCCCCCCCCCCCCCCC(C)C. The predicted octanol–water partition coefficient (Wildman–Crippen LogP) is 27.9. The van der Waals surface area contributed by atoms with Crippen molar-refractivity contribution in [2.24, 2.45) is 23.7 Å². The lowest BCUT2D eigenvalue weighted by molar-refractivity contribution is -0.161. The number of aliphatic hydroxyl groups is 1. The van der Waals surface area contributed by atoms with Crippen LogP contribution >= 0.6 is 15.6 Å². The third-order valence-electron chi connectivity index (χ3n) is 21.7. The molecule has 17 nitrogen and oxygen atoms in total. The van der Waals surface area contributed by atoms with Crippen LogP contribution in [-0.4, -0.2) is 96.7 Å². The van der Waals surface area contributed by atoms with Gasteiger partial charge in [0.25, 0.3) is 0 Å². The van der Waals surface area contributed by atoms with Crippen LogP contribution in [0.25, 0.3) is 0 Å². The molecule has 0 amide bonds. The van der Waals surface area contributed by atoms with Crippen molar-refractivity contribution in [3.8, 4) is 0 Å². The van der Waals surface area contributed by atoms with Crippen molar-refractivity contribution in [1.82, 2.24) is 0 Å². The molecule has 0 aromatic carbocycles. The molecule has 0 aliphatic heterocycles.